The van der Waals surface area contributed by atoms with Crippen LogP contribution in [0.25, 0.3) is 0 Å². The van der Waals surface area contributed by atoms with Crippen molar-refractivity contribution >= 4 is 21.6 Å². The molecular formula is C10H13F2N3O3S. The number of nitrogen functional groups attached to an aromatic ring is 1. The molecule has 0 aromatic heterocycles. The molecule has 0 atom stereocenters. The first-order chi connectivity index (χ1) is 8.74. The van der Waals surface area contributed by atoms with Crippen LogP contribution in [-0.4, -0.2) is 27.4 Å². The van der Waals surface area contributed by atoms with Crippen molar-refractivity contribution < 1.29 is 22.0 Å². The van der Waals surface area contributed by atoms with Crippen LogP contribution in [-0.2, 0) is 14.8 Å². The van der Waals surface area contributed by atoms with Gasteiger partial charge in [-0.3, -0.25) is 4.79 Å². The topological polar surface area (TPSA) is 101 Å². The average Bonchev–Trinajstić information content (AvgIpc) is 2.29. The molecule has 0 aliphatic carbocycles. The van der Waals surface area contributed by atoms with Crippen molar-refractivity contribution in [2.24, 2.45) is 0 Å². The molecule has 19 heavy (non-hydrogen) atoms. The normalized spacial score (nSPS) is 11.3. The van der Waals surface area contributed by atoms with Gasteiger partial charge in [0.25, 0.3) is 0 Å². The fraction of sp³-hybridized carbons (Fsp3) is 0.300. The summed E-state index contributed by atoms with van der Waals surface area (Å²) >= 11 is 0. The molecule has 1 rings (SSSR count). The zero-order valence-corrected chi connectivity index (χ0v) is 10.9. The van der Waals surface area contributed by atoms with Crippen molar-refractivity contribution in [3.63, 3.8) is 0 Å². The maximum absolute atomic E-state index is 13.4. The Bertz CT molecular complexity index is 590. The van der Waals surface area contributed by atoms with Crippen molar-refractivity contribution in [2.75, 3.05) is 18.8 Å². The molecule has 1 aromatic rings. The van der Waals surface area contributed by atoms with Crippen molar-refractivity contribution in [3.05, 3.63) is 23.8 Å². The highest BCUT2D eigenvalue weighted by Gasteiger charge is 2.20. The molecule has 0 radical (unpaired) electrons. The first kappa shape index (κ1) is 15.3. The van der Waals surface area contributed by atoms with Crippen LogP contribution < -0.4 is 15.8 Å². The summed E-state index contributed by atoms with van der Waals surface area (Å²) in [5.41, 5.74) is 4.72. The van der Waals surface area contributed by atoms with Crippen LogP contribution in [0.15, 0.2) is 17.0 Å². The van der Waals surface area contributed by atoms with Crippen LogP contribution in [0.2, 0.25) is 0 Å². The molecule has 0 aliphatic rings. The fourth-order valence-corrected chi connectivity index (χ4v) is 2.38. The van der Waals surface area contributed by atoms with E-state index in [4.69, 9.17) is 5.73 Å². The Morgan fingerprint density at radius 2 is 1.89 bits per heavy atom. The highest BCUT2D eigenvalue weighted by Crippen LogP contribution is 2.20. The Kier molecular flexibility index (Phi) is 4.78. The molecule has 0 aliphatic heterocycles. The third-order valence-electron chi connectivity index (χ3n) is 2.13. The van der Waals surface area contributed by atoms with Crippen molar-refractivity contribution in [1.82, 2.24) is 10.0 Å². The van der Waals surface area contributed by atoms with Gasteiger partial charge in [0.15, 0.2) is 0 Å². The van der Waals surface area contributed by atoms with Crippen molar-refractivity contribution in [1.29, 1.82) is 0 Å². The maximum atomic E-state index is 13.4. The van der Waals surface area contributed by atoms with Gasteiger partial charge >= 0.3 is 0 Å². The molecule has 6 nitrogen and oxygen atoms in total. The lowest BCUT2D eigenvalue weighted by atomic mass is 10.3. The standard InChI is InChI=1S/C10H13F2N3O3S/c1-6(16)14-2-3-15-19(17,18)10-5-9(13)7(11)4-8(10)12/h4-5,15H,2-3,13H2,1H3,(H,14,16). The molecule has 0 fully saturated rings. The molecular weight excluding hydrogens is 280 g/mol. The number of halogens is 2. The monoisotopic (exact) mass is 293 g/mol. The van der Waals surface area contributed by atoms with E-state index in [0.29, 0.717) is 12.1 Å². The van der Waals surface area contributed by atoms with E-state index in [-0.39, 0.29) is 19.0 Å². The number of sulfonamides is 1. The molecule has 0 unspecified atom stereocenters. The van der Waals surface area contributed by atoms with Crippen LogP contribution in [0, 0.1) is 11.6 Å². The van der Waals surface area contributed by atoms with E-state index in [2.05, 4.69) is 10.0 Å². The zero-order chi connectivity index (χ0) is 14.6. The second kappa shape index (κ2) is 5.93. The van der Waals surface area contributed by atoms with Gasteiger partial charge in [-0.05, 0) is 6.07 Å². The van der Waals surface area contributed by atoms with E-state index in [1.165, 1.54) is 6.92 Å². The Morgan fingerprint density at radius 3 is 2.47 bits per heavy atom. The van der Waals surface area contributed by atoms with Crippen LogP contribution in [0.3, 0.4) is 0 Å². The molecule has 1 aromatic carbocycles. The summed E-state index contributed by atoms with van der Waals surface area (Å²) in [5, 5.41) is 2.36. The Balaban J connectivity index is 2.83. The van der Waals surface area contributed by atoms with Gasteiger partial charge in [-0.15, -0.1) is 0 Å². The Hall–Kier alpha value is -1.74. The largest absolute Gasteiger partial charge is 0.396 e. The molecule has 1 amide bonds. The van der Waals surface area contributed by atoms with Gasteiger partial charge in [-0.1, -0.05) is 0 Å². The second-order valence-electron chi connectivity index (χ2n) is 3.68. The number of hydrogen-bond acceptors (Lipinski definition) is 4. The average molecular weight is 293 g/mol. The number of rotatable bonds is 5. The molecule has 0 spiro atoms. The van der Waals surface area contributed by atoms with Crippen LogP contribution in [0.4, 0.5) is 14.5 Å². The third kappa shape index (κ3) is 4.14. The van der Waals surface area contributed by atoms with E-state index in [0.717, 1.165) is 0 Å². The van der Waals surface area contributed by atoms with E-state index in [1.54, 1.807) is 0 Å². The van der Waals surface area contributed by atoms with Gasteiger partial charge in [-0.2, -0.15) is 0 Å². The van der Waals surface area contributed by atoms with Crippen LogP contribution >= 0.6 is 0 Å². The summed E-state index contributed by atoms with van der Waals surface area (Å²) in [7, 11) is -4.15. The molecule has 0 heterocycles. The number of carbonyl (C=O) groups excluding carboxylic acids is 1. The van der Waals surface area contributed by atoms with Crippen molar-refractivity contribution in [2.45, 2.75) is 11.8 Å². The highest BCUT2D eigenvalue weighted by molar-refractivity contribution is 7.89. The van der Waals surface area contributed by atoms with Gasteiger partial charge in [-0.25, -0.2) is 21.9 Å². The minimum absolute atomic E-state index is 0.0485. The number of hydrogen-bond donors (Lipinski definition) is 3. The lowest BCUT2D eigenvalue weighted by molar-refractivity contribution is -0.118. The number of benzene rings is 1. The Morgan fingerprint density at radius 1 is 1.26 bits per heavy atom. The zero-order valence-electron chi connectivity index (χ0n) is 10.0. The summed E-state index contributed by atoms with van der Waals surface area (Å²) in [6.45, 7) is 1.19. The van der Waals surface area contributed by atoms with Gasteiger partial charge in [0.2, 0.25) is 15.9 Å². The quantitative estimate of drug-likeness (QED) is 0.524. The summed E-state index contributed by atoms with van der Waals surface area (Å²) in [6, 6.07) is 1.10. The molecule has 0 bridgehead atoms. The number of nitrogens with one attached hydrogen (secondary N) is 2. The van der Waals surface area contributed by atoms with Gasteiger partial charge in [0, 0.05) is 26.1 Å². The summed E-state index contributed by atoms with van der Waals surface area (Å²) in [6.07, 6.45) is 0. The van der Waals surface area contributed by atoms with Gasteiger partial charge in [0.1, 0.15) is 16.5 Å². The molecule has 106 valence electrons. The minimum Gasteiger partial charge on any atom is -0.396 e. The van der Waals surface area contributed by atoms with Crippen molar-refractivity contribution in [3.8, 4) is 0 Å². The highest BCUT2D eigenvalue weighted by atomic mass is 32.2. The van der Waals surface area contributed by atoms with E-state index in [9.17, 15) is 22.0 Å². The first-order valence-electron chi connectivity index (χ1n) is 5.22. The summed E-state index contributed by atoms with van der Waals surface area (Å²) < 4.78 is 51.8. The lowest BCUT2D eigenvalue weighted by Gasteiger charge is -2.09. The minimum atomic E-state index is -4.15. The number of nitrogens with two attached hydrogens (primary N) is 1. The fourth-order valence-electron chi connectivity index (χ4n) is 1.25. The Labute approximate surface area is 109 Å². The van der Waals surface area contributed by atoms with Crippen LogP contribution in [0.1, 0.15) is 6.92 Å². The maximum Gasteiger partial charge on any atom is 0.243 e. The van der Waals surface area contributed by atoms with E-state index in [1.807, 2.05) is 0 Å². The van der Waals surface area contributed by atoms with Crippen LogP contribution in [0.5, 0.6) is 0 Å². The van der Waals surface area contributed by atoms with Gasteiger partial charge < -0.3 is 11.1 Å². The summed E-state index contributed by atoms with van der Waals surface area (Å²) in [5.74, 6) is -2.59. The first-order valence-corrected chi connectivity index (χ1v) is 6.71. The predicted molar refractivity (Wildman–Crippen MR) is 64.6 cm³/mol. The molecule has 0 saturated heterocycles. The third-order valence-corrected chi connectivity index (χ3v) is 3.61. The summed E-state index contributed by atoms with van der Waals surface area (Å²) in [4.78, 5) is 9.83. The molecule has 9 heteroatoms. The predicted octanol–water partition coefficient (Wildman–Crippen LogP) is -0.0386. The number of anilines is 1. The molecule has 0 saturated carbocycles. The lowest BCUT2D eigenvalue weighted by Crippen LogP contribution is -2.34. The molecule has 4 N–H and O–H groups in total. The smallest absolute Gasteiger partial charge is 0.243 e. The number of amides is 1. The second-order valence-corrected chi connectivity index (χ2v) is 5.42. The SMILES string of the molecule is CC(=O)NCCNS(=O)(=O)c1cc(N)c(F)cc1F. The van der Waals surface area contributed by atoms with Gasteiger partial charge in [0.05, 0.1) is 5.69 Å². The number of carbonyl (C=O) groups is 1. The van der Waals surface area contributed by atoms with E-state index < -0.39 is 32.2 Å². The van der Waals surface area contributed by atoms with E-state index >= 15 is 0 Å².